The number of nitrogens with zero attached hydrogens (tertiary/aromatic N) is 3. The van der Waals surface area contributed by atoms with Gasteiger partial charge >= 0.3 is 0 Å². The van der Waals surface area contributed by atoms with Gasteiger partial charge in [0.25, 0.3) is 0 Å². The largest absolute Gasteiger partial charge is 0.328 e. The van der Waals surface area contributed by atoms with Gasteiger partial charge in [0, 0.05) is 24.8 Å². The second-order valence-electron chi connectivity index (χ2n) is 4.24. The Bertz CT molecular complexity index is 271. The average molecular weight is 209 g/mol. The SMILES string of the molecule is NC1CCC(NCCCn2ccnn2)C1. The highest BCUT2D eigenvalue weighted by Gasteiger charge is 2.20. The highest BCUT2D eigenvalue weighted by atomic mass is 15.4. The van der Waals surface area contributed by atoms with Crippen molar-refractivity contribution in [2.45, 2.75) is 44.3 Å². The second kappa shape index (κ2) is 5.23. The van der Waals surface area contributed by atoms with E-state index in [0.717, 1.165) is 25.9 Å². The molecule has 0 spiro atoms. The maximum Gasteiger partial charge on any atom is 0.0692 e. The molecule has 5 nitrogen and oxygen atoms in total. The lowest BCUT2D eigenvalue weighted by molar-refractivity contribution is 0.475. The summed E-state index contributed by atoms with van der Waals surface area (Å²) in [5.74, 6) is 0. The zero-order valence-electron chi connectivity index (χ0n) is 8.97. The van der Waals surface area contributed by atoms with Crippen molar-refractivity contribution in [3.8, 4) is 0 Å². The second-order valence-corrected chi connectivity index (χ2v) is 4.24. The van der Waals surface area contributed by atoms with Crippen LogP contribution in [0.3, 0.4) is 0 Å². The molecule has 1 aliphatic rings. The molecule has 2 unspecified atom stereocenters. The van der Waals surface area contributed by atoms with Crippen LogP contribution < -0.4 is 11.1 Å². The molecule has 0 bridgehead atoms. The third-order valence-electron chi connectivity index (χ3n) is 2.94. The van der Waals surface area contributed by atoms with Crippen LogP contribution in [-0.2, 0) is 6.54 Å². The van der Waals surface area contributed by atoms with Crippen molar-refractivity contribution in [3.63, 3.8) is 0 Å². The zero-order chi connectivity index (χ0) is 10.5. The van der Waals surface area contributed by atoms with Gasteiger partial charge in [-0.25, -0.2) is 0 Å². The summed E-state index contributed by atoms with van der Waals surface area (Å²) in [6, 6.07) is 1.05. The monoisotopic (exact) mass is 209 g/mol. The summed E-state index contributed by atoms with van der Waals surface area (Å²) in [7, 11) is 0. The van der Waals surface area contributed by atoms with Crippen LogP contribution in [0, 0.1) is 0 Å². The van der Waals surface area contributed by atoms with Crippen molar-refractivity contribution in [1.82, 2.24) is 20.3 Å². The fourth-order valence-corrected chi connectivity index (χ4v) is 2.10. The third-order valence-corrected chi connectivity index (χ3v) is 2.94. The number of aromatic nitrogens is 3. The van der Waals surface area contributed by atoms with Gasteiger partial charge in [-0.1, -0.05) is 5.21 Å². The summed E-state index contributed by atoms with van der Waals surface area (Å²) in [5.41, 5.74) is 5.84. The first-order chi connectivity index (χ1) is 7.34. The number of nitrogens with two attached hydrogens (primary N) is 1. The molecule has 0 radical (unpaired) electrons. The molecule has 1 aromatic heterocycles. The van der Waals surface area contributed by atoms with Gasteiger partial charge in [-0.15, -0.1) is 5.10 Å². The summed E-state index contributed by atoms with van der Waals surface area (Å²) < 4.78 is 1.86. The molecular weight excluding hydrogens is 190 g/mol. The van der Waals surface area contributed by atoms with Crippen molar-refractivity contribution < 1.29 is 0 Å². The Morgan fingerprint density at radius 1 is 1.47 bits per heavy atom. The molecule has 3 N–H and O–H groups in total. The van der Waals surface area contributed by atoms with E-state index in [4.69, 9.17) is 5.73 Å². The Kier molecular flexibility index (Phi) is 3.69. The number of rotatable bonds is 5. The van der Waals surface area contributed by atoms with E-state index < -0.39 is 0 Å². The summed E-state index contributed by atoms with van der Waals surface area (Å²) in [6.45, 7) is 1.98. The maximum atomic E-state index is 5.84. The first kappa shape index (κ1) is 10.6. The Morgan fingerprint density at radius 2 is 2.40 bits per heavy atom. The Labute approximate surface area is 90.0 Å². The van der Waals surface area contributed by atoms with Gasteiger partial charge in [0.2, 0.25) is 0 Å². The number of aryl methyl sites for hydroxylation is 1. The fraction of sp³-hybridized carbons (Fsp3) is 0.800. The first-order valence-electron chi connectivity index (χ1n) is 5.67. The van der Waals surface area contributed by atoms with Crippen molar-refractivity contribution >= 4 is 0 Å². The minimum Gasteiger partial charge on any atom is -0.328 e. The molecule has 2 atom stereocenters. The summed E-state index contributed by atoms with van der Waals surface area (Å²) in [4.78, 5) is 0. The smallest absolute Gasteiger partial charge is 0.0692 e. The van der Waals surface area contributed by atoms with E-state index in [1.54, 1.807) is 6.20 Å². The lowest BCUT2D eigenvalue weighted by Gasteiger charge is -2.11. The van der Waals surface area contributed by atoms with Gasteiger partial charge in [0.1, 0.15) is 0 Å². The topological polar surface area (TPSA) is 68.8 Å². The molecule has 0 aromatic carbocycles. The van der Waals surface area contributed by atoms with Gasteiger partial charge in [0.05, 0.1) is 6.20 Å². The molecule has 1 aromatic rings. The van der Waals surface area contributed by atoms with Crippen molar-refractivity contribution in [2.75, 3.05) is 6.54 Å². The average Bonchev–Trinajstić information content (AvgIpc) is 2.84. The van der Waals surface area contributed by atoms with Crippen LogP contribution in [0.4, 0.5) is 0 Å². The van der Waals surface area contributed by atoms with Crippen LogP contribution in [0.25, 0.3) is 0 Å². The predicted molar refractivity (Wildman–Crippen MR) is 58.3 cm³/mol. The molecule has 0 aliphatic heterocycles. The van der Waals surface area contributed by atoms with Crippen LogP contribution in [0.1, 0.15) is 25.7 Å². The fourth-order valence-electron chi connectivity index (χ4n) is 2.10. The minimum atomic E-state index is 0.415. The quantitative estimate of drug-likeness (QED) is 0.677. The maximum absolute atomic E-state index is 5.84. The van der Waals surface area contributed by atoms with Crippen molar-refractivity contribution in [2.24, 2.45) is 5.73 Å². The predicted octanol–water partition coefficient (Wildman–Crippen LogP) is 0.138. The Balaban J connectivity index is 1.55. The molecule has 1 aliphatic carbocycles. The number of nitrogens with one attached hydrogen (secondary N) is 1. The lowest BCUT2D eigenvalue weighted by Crippen LogP contribution is -2.29. The van der Waals surface area contributed by atoms with Crippen molar-refractivity contribution in [3.05, 3.63) is 12.4 Å². The first-order valence-corrected chi connectivity index (χ1v) is 5.67. The van der Waals surface area contributed by atoms with Gasteiger partial charge in [0.15, 0.2) is 0 Å². The lowest BCUT2D eigenvalue weighted by atomic mass is 10.2. The molecule has 84 valence electrons. The molecule has 1 fully saturated rings. The Morgan fingerprint density at radius 3 is 3.07 bits per heavy atom. The molecule has 5 heteroatoms. The molecule has 15 heavy (non-hydrogen) atoms. The van der Waals surface area contributed by atoms with E-state index in [1.165, 1.54) is 12.8 Å². The number of hydrogen-bond donors (Lipinski definition) is 2. The summed E-state index contributed by atoms with van der Waals surface area (Å²) >= 11 is 0. The molecule has 0 saturated heterocycles. The molecule has 0 amide bonds. The summed E-state index contributed by atoms with van der Waals surface area (Å²) in [6.07, 6.45) is 8.22. The molecule has 1 saturated carbocycles. The van der Waals surface area contributed by atoms with Crippen LogP contribution in [0.5, 0.6) is 0 Å². The normalized spacial score (nSPS) is 25.9. The molecular formula is C10H19N5. The van der Waals surface area contributed by atoms with E-state index in [2.05, 4.69) is 15.6 Å². The van der Waals surface area contributed by atoms with E-state index in [-0.39, 0.29) is 0 Å². The van der Waals surface area contributed by atoms with Crippen molar-refractivity contribution in [1.29, 1.82) is 0 Å². The van der Waals surface area contributed by atoms with Crippen LogP contribution in [0.2, 0.25) is 0 Å². The van der Waals surface area contributed by atoms with Gasteiger partial charge in [-0.05, 0) is 32.2 Å². The highest BCUT2D eigenvalue weighted by Crippen LogP contribution is 2.16. The zero-order valence-corrected chi connectivity index (χ0v) is 8.97. The van der Waals surface area contributed by atoms with E-state index >= 15 is 0 Å². The highest BCUT2D eigenvalue weighted by molar-refractivity contribution is 4.82. The Hall–Kier alpha value is -0.940. The van der Waals surface area contributed by atoms with E-state index in [0.29, 0.717) is 12.1 Å². The van der Waals surface area contributed by atoms with Gasteiger partial charge < -0.3 is 11.1 Å². The van der Waals surface area contributed by atoms with E-state index in [9.17, 15) is 0 Å². The summed E-state index contributed by atoms with van der Waals surface area (Å²) in [5, 5.41) is 11.2. The van der Waals surface area contributed by atoms with Crippen LogP contribution >= 0.6 is 0 Å². The van der Waals surface area contributed by atoms with Gasteiger partial charge in [-0.3, -0.25) is 4.68 Å². The van der Waals surface area contributed by atoms with E-state index in [1.807, 2.05) is 10.9 Å². The van der Waals surface area contributed by atoms with Gasteiger partial charge in [-0.2, -0.15) is 0 Å². The third kappa shape index (κ3) is 3.28. The van der Waals surface area contributed by atoms with Crippen LogP contribution in [0.15, 0.2) is 12.4 Å². The number of hydrogen-bond acceptors (Lipinski definition) is 4. The molecule has 2 rings (SSSR count). The van der Waals surface area contributed by atoms with Crippen LogP contribution in [-0.4, -0.2) is 33.6 Å². The molecule has 1 heterocycles. The standard InChI is InChI=1S/C10H19N5/c11-9-2-3-10(8-9)12-4-1-6-15-7-5-13-14-15/h5,7,9-10,12H,1-4,6,8,11H2. The minimum absolute atomic E-state index is 0.415.